The first-order valence-corrected chi connectivity index (χ1v) is 11.4. The molecule has 32 heavy (non-hydrogen) atoms. The zero-order valence-electron chi connectivity index (χ0n) is 18.0. The van der Waals surface area contributed by atoms with Crippen molar-refractivity contribution in [2.75, 3.05) is 18.0 Å². The number of anilines is 1. The van der Waals surface area contributed by atoms with E-state index in [9.17, 15) is 9.90 Å². The number of benzene rings is 1. The summed E-state index contributed by atoms with van der Waals surface area (Å²) in [5.41, 5.74) is 0.990. The van der Waals surface area contributed by atoms with Crippen molar-refractivity contribution in [3.8, 4) is 5.75 Å². The molecule has 8 nitrogen and oxygen atoms in total. The van der Waals surface area contributed by atoms with Crippen molar-refractivity contribution < 1.29 is 14.6 Å². The third-order valence-corrected chi connectivity index (χ3v) is 6.43. The summed E-state index contributed by atoms with van der Waals surface area (Å²) < 4.78 is 7.82. The molecule has 3 heterocycles. The minimum atomic E-state index is -0.616. The van der Waals surface area contributed by atoms with Gasteiger partial charge in [-0.2, -0.15) is 5.10 Å². The molecule has 1 fully saturated rings. The van der Waals surface area contributed by atoms with Crippen LogP contribution in [-0.4, -0.2) is 58.3 Å². The highest BCUT2D eigenvalue weighted by Crippen LogP contribution is 2.34. The van der Waals surface area contributed by atoms with Crippen LogP contribution in [0.15, 0.2) is 53.8 Å². The van der Waals surface area contributed by atoms with Crippen molar-refractivity contribution in [3.63, 3.8) is 0 Å². The van der Waals surface area contributed by atoms with Crippen LogP contribution in [-0.2, 0) is 4.79 Å². The van der Waals surface area contributed by atoms with Gasteiger partial charge in [0.05, 0.1) is 24.4 Å². The zero-order valence-corrected chi connectivity index (χ0v) is 18.0. The molecule has 0 spiro atoms. The second-order valence-electron chi connectivity index (χ2n) is 8.73. The number of fused-ring (bicyclic) bond motifs is 1. The van der Waals surface area contributed by atoms with E-state index in [4.69, 9.17) is 4.74 Å². The highest BCUT2D eigenvalue weighted by Gasteiger charge is 2.34. The van der Waals surface area contributed by atoms with Crippen molar-refractivity contribution in [1.29, 1.82) is 0 Å². The molecule has 1 aromatic carbocycles. The number of ether oxygens (including phenoxy) is 1. The molecule has 8 heteroatoms. The predicted octanol–water partition coefficient (Wildman–Crippen LogP) is 2.46. The molecule has 1 aliphatic carbocycles. The molecule has 3 aliphatic rings. The topological polar surface area (TPSA) is 92.0 Å². The standard InChI is InChI=1S/C24H29N5O3/c30-20-8-3-1-6-18(20)27-24(31)22-16-28(19-7-2-4-9-21(19)32-22)15-17-10-11-23(25-14-17)29-13-5-12-26-29/h2,4-5,7,9,11-14,17-18,20,22,30H,1,3,6,8,10,15-16H2,(H,27,31)/t17?,18-,20-,22?/m0/s1. The van der Waals surface area contributed by atoms with E-state index < -0.39 is 12.2 Å². The van der Waals surface area contributed by atoms with E-state index in [1.54, 1.807) is 10.9 Å². The highest BCUT2D eigenvalue weighted by atomic mass is 16.5. The highest BCUT2D eigenvalue weighted by molar-refractivity contribution is 5.84. The average Bonchev–Trinajstić information content (AvgIpc) is 3.36. The van der Waals surface area contributed by atoms with Crippen LogP contribution in [0.2, 0.25) is 0 Å². The van der Waals surface area contributed by atoms with E-state index in [-0.39, 0.29) is 17.9 Å². The van der Waals surface area contributed by atoms with E-state index in [0.29, 0.717) is 12.3 Å². The lowest BCUT2D eigenvalue weighted by Crippen LogP contribution is -2.54. The molecule has 1 amide bonds. The van der Waals surface area contributed by atoms with E-state index >= 15 is 0 Å². The van der Waals surface area contributed by atoms with Gasteiger partial charge in [0, 0.05) is 31.1 Å². The lowest BCUT2D eigenvalue weighted by atomic mass is 9.92. The van der Waals surface area contributed by atoms with Gasteiger partial charge in [0.1, 0.15) is 11.6 Å². The van der Waals surface area contributed by atoms with E-state index in [0.717, 1.165) is 50.2 Å². The van der Waals surface area contributed by atoms with Gasteiger partial charge in [-0.05, 0) is 43.5 Å². The van der Waals surface area contributed by atoms with Gasteiger partial charge in [0.15, 0.2) is 6.10 Å². The minimum Gasteiger partial charge on any atom is -0.477 e. The first kappa shape index (κ1) is 20.8. The Balaban J connectivity index is 1.27. The maximum atomic E-state index is 13.0. The lowest BCUT2D eigenvalue weighted by Gasteiger charge is -2.38. The number of hydrogen-bond acceptors (Lipinski definition) is 6. The number of rotatable bonds is 5. The summed E-state index contributed by atoms with van der Waals surface area (Å²) >= 11 is 0. The van der Waals surface area contributed by atoms with Crippen LogP contribution in [0, 0.1) is 5.92 Å². The van der Waals surface area contributed by atoms with Gasteiger partial charge in [-0.3, -0.25) is 4.79 Å². The molecule has 2 N–H and O–H groups in total. The van der Waals surface area contributed by atoms with Gasteiger partial charge in [-0.25, -0.2) is 9.67 Å². The van der Waals surface area contributed by atoms with E-state index in [1.807, 2.05) is 42.7 Å². The summed E-state index contributed by atoms with van der Waals surface area (Å²) in [6, 6.07) is 9.52. The van der Waals surface area contributed by atoms with Crippen LogP contribution >= 0.6 is 0 Å². The number of amides is 1. The molecule has 0 bridgehead atoms. The van der Waals surface area contributed by atoms with Gasteiger partial charge in [-0.15, -0.1) is 0 Å². The number of aliphatic imine (C=N–C) groups is 1. The van der Waals surface area contributed by atoms with Crippen LogP contribution < -0.4 is 15.0 Å². The first-order chi connectivity index (χ1) is 15.7. The monoisotopic (exact) mass is 435 g/mol. The number of aromatic nitrogens is 2. The normalized spacial score (nSPS) is 27.3. The Morgan fingerprint density at radius 1 is 1.22 bits per heavy atom. The number of nitrogens with one attached hydrogen (secondary N) is 1. The molecule has 2 aliphatic heterocycles. The number of para-hydroxylation sites is 2. The van der Waals surface area contributed by atoms with Crippen molar-refractivity contribution in [3.05, 3.63) is 48.8 Å². The fraction of sp³-hybridized carbons (Fsp3) is 0.458. The molecule has 5 rings (SSSR count). The SMILES string of the molecule is O=C(N[C@H]1CCCC[C@@H]1O)C1CN(CC2C=NC(n3cccn3)=CC2)c2ccccc2O1. The van der Waals surface area contributed by atoms with Crippen LogP contribution in [0.25, 0.3) is 5.82 Å². The predicted molar refractivity (Wildman–Crippen MR) is 123 cm³/mol. The molecule has 1 saturated carbocycles. The van der Waals surface area contributed by atoms with Crippen LogP contribution in [0.4, 0.5) is 5.69 Å². The molecule has 0 radical (unpaired) electrons. The van der Waals surface area contributed by atoms with Crippen LogP contribution in [0.5, 0.6) is 5.75 Å². The fourth-order valence-corrected chi connectivity index (χ4v) is 4.69. The largest absolute Gasteiger partial charge is 0.477 e. The number of aliphatic hydroxyl groups excluding tert-OH is 1. The van der Waals surface area contributed by atoms with Crippen molar-refractivity contribution in [1.82, 2.24) is 15.1 Å². The number of nitrogens with zero attached hydrogens (tertiary/aromatic N) is 4. The molecule has 2 unspecified atom stereocenters. The summed E-state index contributed by atoms with van der Waals surface area (Å²) in [7, 11) is 0. The lowest BCUT2D eigenvalue weighted by molar-refractivity contribution is -0.129. The summed E-state index contributed by atoms with van der Waals surface area (Å²) in [6.07, 6.45) is 11.0. The Bertz CT molecular complexity index is 1000. The number of carbonyl (C=O) groups is 1. The molecular weight excluding hydrogens is 406 g/mol. The average molecular weight is 436 g/mol. The van der Waals surface area contributed by atoms with Crippen LogP contribution in [0.3, 0.4) is 0 Å². The number of carbonyl (C=O) groups excluding carboxylic acids is 1. The smallest absolute Gasteiger partial charge is 0.263 e. The summed E-state index contributed by atoms with van der Waals surface area (Å²) in [6.45, 7) is 1.20. The molecule has 4 atom stereocenters. The fourth-order valence-electron chi connectivity index (χ4n) is 4.69. The van der Waals surface area contributed by atoms with Gasteiger partial charge in [0.25, 0.3) is 5.91 Å². The zero-order chi connectivity index (χ0) is 21.9. The summed E-state index contributed by atoms with van der Waals surface area (Å²) in [5, 5.41) is 17.5. The Kier molecular flexibility index (Phi) is 5.94. The summed E-state index contributed by atoms with van der Waals surface area (Å²) in [4.78, 5) is 19.8. The van der Waals surface area contributed by atoms with Gasteiger partial charge >= 0.3 is 0 Å². The van der Waals surface area contributed by atoms with E-state index in [2.05, 4.69) is 26.4 Å². The Morgan fingerprint density at radius 3 is 2.88 bits per heavy atom. The van der Waals surface area contributed by atoms with E-state index in [1.165, 1.54) is 0 Å². The third kappa shape index (κ3) is 4.41. The molecule has 168 valence electrons. The summed E-state index contributed by atoms with van der Waals surface area (Å²) in [5.74, 6) is 1.61. The second-order valence-corrected chi connectivity index (χ2v) is 8.73. The number of hydrogen-bond donors (Lipinski definition) is 2. The molecule has 0 saturated heterocycles. The molecule has 2 aromatic rings. The van der Waals surface area contributed by atoms with Crippen molar-refractivity contribution in [2.24, 2.45) is 10.9 Å². The Labute approximate surface area is 187 Å². The minimum absolute atomic E-state index is 0.159. The molecular formula is C24H29N5O3. The van der Waals surface area contributed by atoms with Crippen molar-refractivity contribution in [2.45, 2.75) is 50.4 Å². The Morgan fingerprint density at radius 2 is 2.09 bits per heavy atom. The van der Waals surface area contributed by atoms with Crippen molar-refractivity contribution >= 4 is 23.6 Å². The Hall–Kier alpha value is -3.13. The maximum Gasteiger partial charge on any atom is 0.263 e. The maximum absolute atomic E-state index is 13.0. The first-order valence-electron chi connectivity index (χ1n) is 11.4. The quantitative estimate of drug-likeness (QED) is 0.753. The third-order valence-electron chi connectivity index (χ3n) is 6.43. The van der Waals surface area contributed by atoms with Gasteiger partial charge in [0.2, 0.25) is 0 Å². The molecule has 1 aromatic heterocycles. The van der Waals surface area contributed by atoms with Gasteiger partial charge < -0.3 is 20.1 Å². The number of aliphatic hydroxyl groups is 1. The number of allylic oxidation sites excluding steroid dienone is 1. The van der Waals surface area contributed by atoms with Gasteiger partial charge in [-0.1, -0.05) is 25.0 Å². The second kappa shape index (κ2) is 9.16. The van der Waals surface area contributed by atoms with Crippen LogP contribution in [0.1, 0.15) is 32.1 Å².